The third kappa shape index (κ3) is 5.30. The summed E-state index contributed by atoms with van der Waals surface area (Å²) in [7, 11) is 0. The van der Waals surface area contributed by atoms with Gasteiger partial charge in [-0.3, -0.25) is 0 Å². The zero-order valence-corrected chi connectivity index (χ0v) is 34.8. The first kappa shape index (κ1) is 35.8. The van der Waals surface area contributed by atoms with E-state index in [0.717, 1.165) is 39.0 Å². The van der Waals surface area contributed by atoms with Crippen molar-refractivity contribution in [3.05, 3.63) is 246 Å². The van der Waals surface area contributed by atoms with E-state index in [4.69, 9.17) is 4.42 Å². The molecule has 2 aliphatic rings. The van der Waals surface area contributed by atoms with Crippen molar-refractivity contribution in [1.82, 2.24) is 0 Å². The third-order valence-corrected chi connectivity index (χ3v) is 14.4. The van der Waals surface area contributed by atoms with Crippen molar-refractivity contribution < 1.29 is 4.42 Å². The maximum absolute atomic E-state index is 6.82. The highest BCUT2D eigenvalue weighted by molar-refractivity contribution is 7.99. The van der Waals surface area contributed by atoms with Crippen molar-refractivity contribution in [3.63, 3.8) is 0 Å². The maximum atomic E-state index is 6.82. The molecule has 10 aromatic rings. The second-order valence-electron chi connectivity index (χ2n) is 16.8. The Kier molecular flexibility index (Phi) is 8.07. The van der Waals surface area contributed by atoms with Crippen molar-refractivity contribution in [2.24, 2.45) is 0 Å². The number of nitrogens with zero attached hydrogens (tertiary/aromatic N) is 1. The van der Waals surface area contributed by atoms with Crippen molar-refractivity contribution in [2.45, 2.75) is 34.5 Å². The summed E-state index contributed by atoms with van der Waals surface area (Å²) in [5, 5.41) is 2.24. The number of rotatable bonds is 6. The normalized spacial score (nSPS) is 14.3. The average Bonchev–Trinajstić information content (AvgIpc) is 3.84. The Bertz CT molecular complexity index is 3280. The highest BCUT2D eigenvalue weighted by Gasteiger charge is 2.47. The number of anilines is 3. The summed E-state index contributed by atoms with van der Waals surface area (Å²) in [6.07, 6.45) is 0. The lowest BCUT2D eigenvalue weighted by atomic mass is 9.67. The monoisotopic (exact) mass is 799 g/mol. The van der Waals surface area contributed by atoms with E-state index >= 15 is 0 Å². The summed E-state index contributed by atoms with van der Waals surface area (Å²) < 4.78 is 6.82. The first-order valence-corrected chi connectivity index (χ1v) is 21.9. The zero-order valence-electron chi connectivity index (χ0n) is 34.0. The topological polar surface area (TPSA) is 16.4 Å². The van der Waals surface area contributed by atoms with Crippen LogP contribution in [-0.2, 0) is 10.8 Å². The van der Waals surface area contributed by atoms with E-state index < -0.39 is 5.41 Å². The van der Waals surface area contributed by atoms with E-state index in [1.165, 1.54) is 65.4 Å². The lowest BCUT2D eigenvalue weighted by Crippen LogP contribution is -2.31. The Labute approximate surface area is 360 Å². The highest BCUT2D eigenvalue weighted by Crippen LogP contribution is 2.59. The standard InChI is InChI=1S/C58H41NOS/c1-57(2)49-28-14-16-31-54(49)61-55-35-33-40(36-50(55)57)59(41-32-34-45-53(37-41)60-52-30-17-24-42(56(45)52)38-18-5-3-6-19-38)51-29-15-13-27-48(51)58(39-20-7-4-8-21-39)46-25-11-9-22-43(46)44-23-10-12-26-47(44)58/h3-37H,1-2H3. The molecule has 0 amide bonds. The first-order valence-electron chi connectivity index (χ1n) is 21.1. The summed E-state index contributed by atoms with van der Waals surface area (Å²) in [6, 6.07) is 78.0. The van der Waals surface area contributed by atoms with Gasteiger partial charge in [-0.15, -0.1) is 0 Å². The molecule has 0 atom stereocenters. The van der Waals surface area contributed by atoms with Gasteiger partial charge in [0.25, 0.3) is 0 Å². The van der Waals surface area contributed by atoms with E-state index in [2.05, 4.69) is 231 Å². The molecule has 1 aromatic heterocycles. The van der Waals surface area contributed by atoms with E-state index in [0.29, 0.717) is 0 Å². The summed E-state index contributed by atoms with van der Waals surface area (Å²) in [6.45, 7) is 4.74. The molecule has 0 unspecified atom stereocenters. The minimum Gasteiger partial charge on any atom is -0.456 e. The van der Waals surface area contributed by atoms with Crippen molar-refractivity contribution in [2.75, 3.05) is 4.90 Å². The van der Waals surface area contributed by atoms with Gasteiger partial charge in [0.2, 0.25) is 0 Å². The molecular formula is C58H41NOS. The molecular weight excluding hydrogens is 759 g/mol. The lowest BCUT2D eigenvalue weighted by molar-refractivity contribution is 0.607. The molecule has 0 N–H and O–H groups in total. The zero-order chi connectivity index (χ0) is 40.7. The van der Waals surface area contributed by atoms with Gasteiger partial charge in [-0.25, -0.2) is 0 Å². The molecule has 2 heterocycles. The minimum atomic E-state index is -0.598. The molecule has 0 saturated carbocycles. The molecule has 0 saturated heterocycles. The smallest absolute Gasteiger partial charge is 0.137 e. The van der Waals surface area contributed by atoms with Crippen LogP contribution < -0.4 is 4.90 Å². The predicted molar refractivity (Wildman–Crippen MR) is 254 cm³/mol. The van der Waals surface area contributed by atoms with Crippen molar-refractivity contribution >= 4 is 50.8 Å². The number of hydrogen-bond donors (Lipinski definition) is 0. The van der Waals surface area contributed by atoms with Crippen LogP contribution in [0.15, 0.2) is 227 Å². The van der Waals surface area contributed by atoms with Gasteiger partial charge in [0.15, 0.2) is 0 Å². The number of hydrogen-bond acceptors (Lipinski definition) is 3. The number of furan rings is 1. The van der Waals surface area contributed by atoms with Crippen LogP contribution in [0.1, 0.15) is 47.2 Å². The molecule has 0 spiro atoms. The predicted octanol–water partition coefficient (Wildman–Crippen LogP) is 15.9. The molecule has 61 heavy (non-hydrogen) atoms. The summed E-state index contributed by atoms with van der Waals surface area (Å²) >= 11 is 1.87. The van der Waals surface area contributed by atoms with Gasteiger partial charge in [-0.1, -0.05) is 183 Å². The number of para-hydroxylation sites is 1. The number of benzene rings is 9. The van der Waals surface area contributed by atoms with Gasteiger partial charge in [0.1, 0.15) is 11.2 Å². The summed E-state index contributed by atoms with van der Waals surface area (Å²) in [5.41, 5.74) is 16.8. The van der Waals surface area contributed by atoms with E-state index in [1.807, 2.05) is 11.8 Å². The quantitative estimate of drug-likeness (QED) is 0.167. The van der Waals surface area contributed by atoms with E-state index in [9.17, 15) is 0 Å². The third-order valence-electron chi connectivity index (χ3n) is 13.2. The fourth-order valence-electron chi connectivity index (χ4n) is 10.5. The lowest BCUT2D eigenvalue weighted by Gasteiger charge is -2.39. The van der Waals surface area contributed by atoms with Crippen LogP contribution >= 0.6 is 11.8 Å². The van der Waals surface area contributed by atoms with Gasteiger partial charge in [0.05, 0.1) is 11.1 Å². The van der Waals surface area contributed by atoms with Crippen molar-refractivity contribution in [1.29, 1.82) is 0 Å². The Hall–Kier alpha value is -7.07. The molecule has 0 radical (unpaired) electrons. The SMILES string of the molecule is CC1(C)c2ccccc2Sc2ccc(N(c3ccc4c(c3)oc3cccc(-c5ccccc5)c34)c3ccccc3C3(c4ccccc4)c4ccccc4-c4ccccc43)cc21. The summed E-state index contributed by atoms with van der Waals surface area (Å²) in [4.78, 5) is 5.10. The van der Waals surface area contributed by atoms with Crippen LogP contribution in [0.2, 0.25) is 0 Å². The molecule has 0 bridgehead atoms. The van der Waals surface area contributed by atoms with Gasteiger partial charge < -0.3 is 9.32 Å². The Morgan fingerprint density at radius 1 is 0.426 bits per heavy atom. The highest BCUT2D eigenvalue weighted by atomic mass is 32.2. The number of fused-ring (bicyclic) bond motifs is 8. The van der Waals surface area contributed by atoms with E-state index in [1.54, 1.807) is 0 Å². The first-order chi connectivity index (χ1) is 30.0. The molecule has 0 fully saturated rings. The van der Waals surface area contributed by atoms with Crippen LogP contribution in [0, 0.1) is 0 Å². The minimum absolute atomic E-state index is 0.205. The van der Waals surface area contributed by atoms with Gasteiger partial charge in [0, 0.05) is 43.4 Å². The van der Waals surface area contributed by atoms with Crippen LogP contribution in [0.5, 0.6) is 0 Å². The van der Waals surface area contributed by atoms with Gasteiger partial charge in [-0.2, -0.15) is 0 Å². The second kappa shape index (κ2) is 13.7. The molecule has 2 nitrogen and oxygen atoms in total. The Morgan fingerprint density at radius 3 is 1.75 bits per heavy atom. The van der Waals surface area contributed by atoms with E-state index in [-0.39, 0.29) is 5.41 Å². The second-order valence-corrected chi connectivity index (χ2v) is 17.9. The van der Waals surface area contributed by atoms with Crippen LogP contribution in [0.25, 0.3) is 44.2 Å². The molecule has 3 heteroatoms. The van der Waals surface area contributed by atoms with Gasteiger partial charge >= 0.3 is 0 Å². The summed E-state index contributed by atoms with van der Waals surface area (Å²) in [5.74, 6) is 0. The fourth-order valence-corrected chi connectivity index (χ4v) is 11.9. The van der Waals surface area contributed by atoms with Crippen molar-refractivity contribution in [3.8, 4) is 22.3 Å². The molecule has 1 aliphatic heterocycles. The average molecular weight is 800 g/mol. The van der Waals surface area contributed by atoms with Crippen LogP contribution in [-0.4, -0.2) is 0 Å². The molecule has 9 aromatic carbocycles. The molecule has 1 aliphatic carbocycles. The van der Waals surface area contributed by atoms with Gasteiger partial charge in [-0.05, 0) is 104 Å². The Balaban J connectivity index is 1.14. The van der Waals surface area contributed by atoms with Crippen LogP contribution in [0.3, 0.4) is 0 Å². The largest absolute Gasteiger partial charge is 0.456 e. The Morgan fingerprint density at radius 2 is 1.00 bits per heavy atom. The fraction of sp³-hybridized carbons (Fsp3) is 0.0690. The van der Waals surface area contributed by atoms with Crippen LogP contribution in [0.4, 0.5) is 17.1 Å². The molecule has 290 valence electrons. The maximum Gasteiger partial charge on any atom is 0.137 e. The molecule has 12 rings (SSSR count).